The Balaban J connectivity index is 1.78. The molecule has 0 saturated carbocycles. The molecule has 2 aliphatic rings. The van der Waals surface area contributed by atoms with Gasteiger partial charge in [0.1, 0.15) is 11.6 Å². The van der Waals surface area contributed by atoms with Crippen molar-refractivity contribution in [3.8, 4) is 11.1 Å². The Kier molecular flexibility index (Phi) is 6.58. The maximum atomic E-state index is 15.5. The van der Waals surface area contributed by atoms with E-state index in [1.807, 2.05) is 19.1 Å². The Morgan fingerprint density at radius 3 is 2.18 bits per heavy atom. The first kappa shape index (κ1) is 24.4. The number of allylic oxidation sites excluding steroid dienone is 4. The van der Waals surface area contributed by atoms with Crippen LogP contribution in [0.4, 0.5) is 26.3 Å². The lowest BCUT2D eigenvalue weighted by molar-refractivity contribution is -0.227. The lowest BCUT2D eigenvalue weighted by Gasteiger charge is -2.36. The molecule has 182 valence electrons. The first-order valence-electron chi connectivity index (χ1n) is 11.5. The molecule has 1 atom stereocenters. The van der Waals surface area contributed by atoms with Crippen LogP contribution in [0.2, 0.25) is 0 Å². The van der Waals surface area contributed by atoms with Crippen molar-refractivity contribution in [2.24, 2.45) is 0 Å². The van der Waals surface area contributed by atoms with E-state index in [1.165, 1.54) is 24.3 Å². The summed E-state index contributed by atoms with van der Waals surface area (Å²) in [6, 6.07) is 5.01. The summed E-state index contributed by atoms with van der Waals surface area (Å²) >= 11 is 0. The summed E-state index contributed by atoms with van der Waals surface area (Å²) in [6.07, 6.45) is 8.05. The molecule has 0 aromatic heterocycles. The summed E-state index contributed by atoms with van der Waals surface area (Å²) in [6.45, 7) is 3.69. The van der Waals surface area contributed by atoms with Crippen LogP contribution in [-0.4, -0.2) is 6.61 Å². The number of benzene rings is 2. The molecule has 0 fully saturated rings. The second kappa shape index (κ2) is 9.16. The molecule has 0 radical (unpaired) electrons. The van der Waals surface area contributed by atoms with E-state index in [4.69, 9.17) is 4.74 Å². The van der Waals surface area contributed by atoms with Gasteiger partial charge in [0.25, 0.3) is 0 Å². The third-order valence-electron chi connectivity index (χ3n) is 6.56. The number of hydrogen-bond donors (Lipinski definition) is 0. The average molecular weight is 480 g/mol. The summed E-state index contributed by atoms with van der Waals surface area (Å²) in [5.41, 5.74) is -3.72. The predicted molar refractivity (Wildman–Crippen MR) is 119 cm³/mol. The van der Waals surface area contributed by atoms with Crippen molar-refractivity contribution in [3.63, 3.8) is 0 Å². The molecule has 0 saturated heterocycles. The van der Waals surface area contributed by atoms with Crippen molar-refractivity contribution in [2.75, 3.05) is 6.61 Å². The van der Waals surface area contributed by atoms with E-state index >= 15 is 22.0 Å². The Labute approximate surface area is 195 Å². The smallest absolute Gasteiger partial charge is 0.343 e. The zero-order valence-corrected chi connectivity index (χ0v) is 19.0. The lowest BCUT2D eigenvalue weighted by atomic mass is 9.77. The molecule has 0 N–H and O–H groups in total. The van der Waals surface area contributed by atoms with Crippen LogP contribution >= 0.6 is 0 Å². The Morgan fingerprint density at radius 2 is 1.59 bits per heavy atom. The second-order valence-electron chi connectivity index (χ2n) is 8.77. The van der Waals surface area contributed by atoms with E-state index in [0.717, 1.165) is 12.2 Å². The van der Waals surface area contributed by atoms with E-state index in [9.17, 15) is 4.39 Å². The van der Waals surface area contributed by atoms with Crippen LogP contribution in [-0.2, 0) is 23.0 Å². The fourth-order valence-electron chi connectivity index (χ4n) is 4.76. The van der Waals surface area contributed by atoms with Crippen molar-refractivity contribution >= 4 is 0 Å². The largest absolute Gasteiger partial charge is 0.498 e. The van der Waals surface area contributed by atoms with Gasteiger partial charge in [-0.2, -0.15) is 17.6 Å². The van der Waals surface area contributed by atoms with E-state index in [-0.39, 0.29) is 24.2 Å². The SMILES string of the molecule is C/C=C/CCC1=CCC(c2ccc3c(c2F)C(F)(F)C(F)(F)c2c-3ccc(CCC)c2F)CO1. The highest BCUT2D eigenvalue weighted by Crippen LogP contribution is 2.59. The maximum Gasteiger partial charge on any atom is 0.343 e. The Hall–Kier alpha value is -2.70. The summed E-state index contributed by atoms with van der Waals surface area (Å²) in [5.74, 6) is -12.4. The first-order chi connectivity index (χ1) is 16.1. The molecular formula is C27H26F6O. The lowest BCUT2D eigenvalue weighted by Crippen LogP contribution is -2.41. The molecule has 1 aliphatic carbocycles. The summed E-state index contributed by atoms with van der Waals surface area (Å²) in [7, 11) is 0. The Bertz CT molecular complexity index is 1150. The molecule has 7 heteroatoms. The summed E-state index contributed by atoms with van der Waals surface area (Å²) in [4.78, 5) is 0. The first-order valence-corrected chi connectivity index (χ1v) is 11.5. The Morgan fingerprint density at radius 1 is 0.941 bits per heavy atom. The molecule has 2 aromatic rings. The minimum Gasteiger partial charge on any atom is -0.498 e. The molecule has 1 aliphatic heterocycles. The van der Waals surface area contributed by atoms with Crippen LogP contribution in [0.1, 0.15) is 67.7 Å². The molecular weight excluding hydrogens is 454 g/mol. The van der Waals surface area contributed by atoms with Crippen LogP contribution in [0.15, 0.2) is 48.3 Å². The van der Waals surface area contributed by atoms with Gasteiger partial charge in [-0.3, -0.25) is 0 Å². The van der Waals surface area contributed by atoms with Crippen molar-refractivity contribution in [1.82, 2.24) is 0 Å². The van der Waals surface area contributed by atoms with E-state index in [1.54, 1.807) is 13.0 Å². The van der Waals surface area contributed by atoms with Gasteiger partial charge in [0.2, 0.25) is 0 Å². The molecule has 0 spiro atoms. The van der Waals surface area contributed by atoms with Crippen LogP contribution in [0.25, 0.3) is 11.1 Å². The minimum absolute atomic E-state index is 0.0605. The molecule has 0 amide bonds. The topological polar surface area (TPSA) is 9.23 Å². The minimum atomic E-state index is -4.91. The zero-order chi connectivity index (χ0) is 24.7. The monoisotopic (exact) mass is 480 g/mol. The van der Waals surface area contributed by atoms with Gasteiger partial charge in [-0.25, -0.2) is 8.78 Å². The highest BCUT2D eigenvalue weighted by Gasteiger charge is 2.65. The molecule has 2 aromatic carbocycles. The molecule has 0 bridgehead atoms. The van der Waals surface area contributed by atoms with Crippen LogP contribution in [0.5, 0.6) is 0 Å². The van der Waals surface area contributed by atoms with Gasteiger partial charge in [0, 0.05) is 12.3 Å². The van der Waals surface area contributed by atoms with E-state index in [0.29, 0.717) is 19.3 Å². The molecule has 34 heavy (non-hydrogen) atoms. The quantitative estimate of drug-likeness (QED) is 0.297. The number of fused-ring (bicyclic) bond motifs is 3. The fourth-order valence-corrected chi connectivity index (χ4v) is 4.76. The van der Waals surface area contributed by atoms with Gasteiger partial charge in [0.15, 0.2) is 0 Å². The summed E-state index contributed by atoms with van der Waals surface area (Å²) in [5, 5.41) is 0. The van der Waals surface area contributed by atoms with Gasteiger partial charge >= 0.3 is 11.8 Å². The summed E-state index contributed by atoms with van der Waals surface area (Å²) < 4.78 is 96.7. The van der Waals surface area contributed by atoms with Gasteiger partial charge in [-0.1, -0.05) is 49.8 Å². The van der Waals surface area contributed by atoms with Crippen molar-refractivity contribution in [2.45, 2.75) is 63.7 Å². The van der Waals surface area contributed by atoms with Gasteiger partial charge in [-0.15, -0.1) is 0 Å². The number of ether oxygens (including phenoxy) is 1. The number of aryl methyl sites for hydroxylation is 1. The van der Waals surface area contributed by atoms with Crippen LogP contribution < -0.4 is 0 Å². The van der Waals surface area contributed by atoms with E-state index < -0.39 is 51.7 Å². The predicted octanol–water partition coefficient (Wildman–Crippen LogP) is 8.53. The van der Waals surface area contributed by atoms with Gasteiger partial charge < -0.3 is 4.74 Å². The third kappa shape index (κ3) is 3.83. The van der Waals surface area contributed by atoms with Gasteiger partial charge in [-0.05, 0) is 54.5 Å². The van der Waals surface area contributed by atoms with Gasteiger partial charge in [0.05, 0.1) is 23.5 Å². The van der Waals surface area contributed by atoms with Crippen LogP contribution in [0, 0.1) is 11.6 Å². The maximum absolute atomic E-state index is 15.5. The third-order valence-corrected chi connectivity index (χ3v) is 6.56. The second-order valence-corrected chi connectivity index (χ2v) is 8.77. The standard InChI is InChI=1S/C27H26F6O/c1-3-5-6-8-18-11-9-17(15-34-18)19-13-14-21-20-12-10-16(7-4-2)24(28)22(20)26(30,31)27(32,33)23(21)25(19)29/h3,5,10-14,17H,4,6-9,15H2,1-2H3/b5-3+. The molecule has 1 unspecified atom stereocenters. The van der Waals surface area contributed by atoms with Crippen molar-refractivity contribution in [3.05, 3.63) is 82.1 Å². The van der Waals surface area contributed by atoms with Crippen molar-refractivity contribution < 1.29 is 31.1 Å². The molecule has 1 heterocycles. The zero-order valence-electron chi connectivity index (χ0n) is 19.0. The highest BCUT2D eigenvalue weighted by atomic mass is 19.3. The van der Waals surface area contributed by atoms with Crippen LogP contribution in [0.3, 0.4) is 0 Å². The number of rotatable bonds is 6. The number of hydrogen-bond acceptors (Lipinski definition) is 1. The fraction of sp³-hybridized carbons (Fsp3) is 0.407. The normalized spacial score (nSPS) is 20.5. The number of alkyl halides is 4. The number of halogens is 6. The average Bonchev–Trinajstić information content (AvgIpc) is 2.80. The van der Waals surface area contributed by atoms with E-state index in [2.05, 4.69) is 0 Å². The molecule has 4 rings (SSSR count). The van der Waals surface area contributed by atoms with Crippen molar-refractivity contribution in [1.29, 1.82) is 0 Å². The highest BCUT2D eigenvalue weighted by molar-refractivity contribution is 5.77. The molecule has 1 nitrogen and oxygen atoms in total.